The van der Waals surface area contributed by atoms with Gasteiger partial charge >= 0.3 is 0 Å². The zero-order valence-electron chi connectivity index (χ0n) is 23.0. The van der Waals surface area contributed by atoms with Gasteiger partial charge < -0.3 is 29.4 Å². The van der Waals surface area contributed by atoms with Crippen LogP contribution in [0.3, 0.4) is 0 Å². The van der Waals surface area contributed by atoms with Gasteiger partial charge in [0.15, 0.2) is 23.0 Å². The van der Waals surface area contributed by atoms with E-state index in [9.17, 15) is 10.4 Å². The molecule has 1 fully saturated rings. The van der Waals surface area contributed by atoms with Crippen molar-refractivity contribution in [2.75, 3.05) is 57.3 Å². The molecule has 1 atom stereocenters. The van der Waals surface area contributed by atoms with Gasteiger partial charge in [0.1, 0.15) is 24.5 Å². The van der Waals surface area contributed by atoms with Gasteiger partial charge in [-0.15, -0.1) is 0 Å². The van der Waals surface area contributed by atoms with Gasteiger partial charge in [0.25, 0.3) is 0 Å². The van der Waals surface area contributed by atoms with Gasteiger partial charge in [0.05, 0.1) is 31.0 Å². The summed E-state index contributed by atoms with van der Waals surface area (Å²) in [5, 5.41) is 24.4. The van der Waals surface area contributed by atoms with E-state index < -0.39 is 6.10 Å². The van der Waals surface area contributed by atoms with Crippen LogP contribution in [0.25, 0.3) is 10.9 Å². The lowest BCUT2D eigenvalue weighted by Crippen LogP contribution is -2.40. The second kappa shape index (κ2) is 13.5. The Morgan fingerprint density at radius 3 is 2.44 bits per heavy atom. The topological polar surface area (TPSA) is 109 Å². The third kappa shape index (κ3) is 6.95. The van der Waals surface area contributed by atoms with Gasteiger partial charge in [-0.25, -0.2) is 0 Å². The Labute approximate surface area is 243 Å². The number of nitrogens with one attached hydrogen (secondary N) is 1. The molecule has 0 unspecified atom stereocenters. The van der Waals surface area contributed by atoms with Crippen LogP contribution in [0.15, 0.2) is 66.9 Å². The van der Waals surface area contributed by atoms with Crippen LogP contribution in [0.1, 0.15) is 5.56 Å². The van der Waals surface area contributed by atoms with E-state index in [4.69, 9.17) is 18.9 Å². The predicted molar refractivity (Wildman–Crippen MR) is 161 cm³/mol. The summed E-state index contributed by atoms with van der Waals surface area (Å²) in [5.74, 6) is 5.04. The molecule has 0 bridgehead atoms. The van der Waals surface area contributed by atoms with E-state index in [0.29, 0.717) is 57.4 Å². The molecular formula is C31H32N4O5S. The van der Waals surface area contributed by atoms with Crippen molar-refractivity contribution in [1.29, 1.82) is 5.26 Å². The Kier molecular flexibility index (Phi) is 9.31. The minimum Gasteiger partial charge on any atom is -0.493 e. The number of nitriles is 1. The number of anilines is 2. The number of fused-ring (bicyclic) bond motifs is 1. The van der Waals surface area contributed by atoms with Gasteiger partial charge in [-0.05, 0) is 42.5 Å². The maximum atomic E-state index is 10.6. The van der Waals surface area contributed by atoms with Crippen LogP contribution < -0.4 is 24.3 Å². The minimum atomic E-state index is -0.625. The summed E-state index contributed by atoms with van der Waals surface area (Å²) < 4.78 is 22.9. The van der Waals surface area contributed by atoms with Gasteiger partial charge in [-0.3, -0.25) is 9.88 Å². The molecule has 1 saturated heterocycles. The fourth-order valence-corrected chi connectivity index (χ4v) is 5.57. The standard InChI is InChI=1S/C31H32N4O5S/c1-37-27-5-3-4-6-28(27)40-24-9-7-22(8-10-24)34-31-21(17-32)18-33-26-16-30(29(38-2)15-25(26)31)39-20-23(36)19-35-11-13-41-14-12-35/h3-10,15-16,18,23,36H,11-14,19-20H2,1-2H3,(H,33,34)/t23-/m0/s1. The Bertz CT molecular complexity index is 1520. The first-order chi connectivity index (χ1) is 20.1. The molecular weight excluding hydrogens is 540 g/mol. The number of nitrogens with zero attached hydrogens (tertiary/aromatic N) is 3. The van der Waals surface area contributed by atoms with Crippen LogP contribution in [0.5, 0.6) is 28.7 Å². The SMILES string of the molecule is COc1cc2c(Nc3ccc(Oc4ccccc4OC)cc3)c(C#N)cnc2cc1OC[C@@H](O)CN1CCSCC1. The number of β-amino-alcohol motifs (C(OH)–C–C–N with tert-alkyl or cyclic N) is 1. The molecule has 5 rings (SSSR count). The van der Waals surface area contributed by atoms with E-state index in [-0.39, 0.29) is 6.61 Å². The molecule has 0 amide bonds. The number of hydrogen-bond acceptors (Lipinski definition) is 10. The maximum Gasteiger partial charge on any atom is 0.169 e. The molecule has 0 saturated carbocycles. The Morgan fingerprint density at radius 1 is 1.00 bits per heavy atom. The molecule has 41 heavy (non-hydrogen) atoms. The predicted octanol–water partition coefficient (Wildman–Crippen LogP) is 5.45. The molecule has 1 aliphatic heterocycles. The summed E-state index contributed by atoms with van der Waals surface area (Å²) in [6.45, 7) is 2.64. The minimum absolute atomic E-state index is 0.135. The first kappa shape index (κ1) is 28.4. The smallest absolute Gasteiger partial charge is 0.169 e. The van der Waals surface area contributed by atoms with Gasteiger partial charge in [0, 0.05) is 54.5 Å². The zero-order valence-corrected chi connectivity index (χ0v) is 23.8. The summed E-state index contributed by atoms with van der Waals surface area (Å²) >= 11 is 1.93. The normalized spacial score (nSPS) is 14.2. The Balaban J connectivity index is 1.34. The number of thioether (sulfide) groups is 1. The van der Waals surface area contributed by atoms with Gasteiger partial charge in [-0.1, -0.05) is 12.1 Å². The molecule has 10 heteroatoms. The summed E-state index contributed by atoms with van der Waals surface area (Å²) in [4.78, 5) is 6.74. The van der Waals surface area contributed by atoms with E-state index in [2.05, 4.69) is 21.3 Å². The first-order valence-corrected chi connectivity index (χ1v) is 14.4. The van der Waals surface area contributed by atoms with Crippen molar-refractivity contribution >= 4 is 34.0 Å². The van der Waals surface area contributed by atoms with Crippen LogP contribution in [0.4, 0.5) is 11.4 Å². The number of aliphatic hydroxyl groups excluding tert-OH is 1. The van der Waals surface area contributed by atoms with Crippen molar-refractivity contribution in [3.05, 3.63) is 72.4 Å². The van der Waals surface area contributed by atoms with Gasteiger partial charge in [-0.2, -0.15) is 17.0 Å². The van der Waals surface area contributed by atoms with Crippen LogP contribution in [-0.4, -0.2) is 73.1 Å². The highest BCUT2D eigenvalue weighted by Gasteiger charge is 2.18. The molecule has 0 radical (unpaired) electrons. The summed E-state index contributed by atoms with van der Waals surface area (Å²) in [6.07, 6.45) is 0.906. The van der Waals surface area contributed by atoms with Crippen molar-refractivity contribution < 1.29 is 24.1 Å². The number of benzene rings is 3. The Morgan fingerprint density at radius 2 is 1.73 bits per heavy atom. The van der Waals surface area contributed by atoms with Crippen molar-refractivity contribution in [1.82, 2.24) is 9.88 Å². The lowest BCUT2D eigenvalue weighted by Gasteiger charge is -2.28. The fourth-order valence-electron chi connectivity index (χ4n) is 4.59. The third-order valence-corrected chi connectivity index (χ3v) is 7.64. The monoisotopic (exact) mass is 572 g/mol. The molecule has 3 aromatic carbocycles. The zero-order chi connectivity index (χ0) is 28.6. The second-order valence-electron chi connectivity index (χ2n) is 9.46. The second-order valence-corrected chi connectivity index (χ2v) is 10.7. The molecule has 1 aromatic heterocycles. The van der Waals surface area contributed by atoms with E-state index in [0.717, 1.165) is 30.3 Å². The quantitative estimate of drug-likeness (QED) is 0.241. The van der Waals surface area contributed by atoms with Crippen LogP contribution in [0, 0.1) is 11.3 Å². The van der Waals surface area contributed by atoms with E-state index in [1.807, 2.05) is 60.3 Å². The van der Waals surface area contributed by atoms with Crippen molar-refractivity contribution in [3.63, 3.8) is 0 Å². The van der Waals surface area contributed by atoms with Crippen molar-refractivity contribution in [3.8, 4) is 34.8 Å². The summed E-state index contributed by atoms with van der Waals surface area (Å²) in [6, 6.07) is 20.7. The molecule has 0 spiro atoms. The average Bonchev–Trinajstić information content (AvgIpc) is 3.01. The maximum absolute atomic E-state index is 10.6. The van der Waals surface area contributed by atoms with Crippen LogP contribution >= 0.6 is 11.8 Å². The largest absolute Gasteiger partial charge is 0.493 e. The molecule has 2 heterocycles. The van der Waals surface area contributed by atoms with E-state index in [1.54, 1.807) is 26.4 Å². The molecule has 9 nitrogen and oxygen atoms in total. The van der Waals surface area contributed by atoms with Crippen molar-refractivity contribution in [2.45, 2.75) is 6.10 Å². The number of ether oxygens (including phenoxy) is 4. The van der Waals surface area contributed by atoms with Crippen molar-refractivity contribution in [2.24, 2.45) is 0 Å². The van der Waals surface area contributed by atoms with Crippen LogP contribution in [-0.2, 0) is 0 Å². The highest BCUT2D eigenvalue weighted by molar-refractivity contribution is 7.99. The molecule has 1 aliphatic rings. The highest BCUT2D eigenvalue weighted by atomic mass is 32.2. The lowest BCUT2D eigenvalue weighted by molar-refractivity contribution is 0.0705. The molecule has 212 valence electrons. The summed E-state index contributed by atoms with van der Waals surface area (Å²) in [5.41, 5.74) is 2.38. The van der Waals surface area contributed by atoms with Gasteiger partial charge in [0.2, 0.25) is 0 Å². The number of methoxy groups -OCH3 is 2. The lowest BCUT2D eigenvalue weighted by atomic mass is 10.1. The third-order valence-electron chi connectivity index (χ3n) is 6.70. The van der Waals surface area contributed by atoms with Crippen LogP contribution in [0.2, 0.25) is 0 Å². The highest BCUT2D eigenvalue weighted by Crippen LogP contribution is 2.38. The number of aliphatic hydroxyl groups is 1. The molecule has 0 aliphatic carbocycles. The fraction of sp³-hybridized carbons (Fsp3) is 0.290. The number of pyridine rings is 1. The summed E-state index contributed by atoms with van der Waals surface area (Å²) in [7, 11) is 3.16. The Hall–Kier alpha value is -4.17. The van der Waals surface area contributed by atoms with E-state index >= 15 is 0 Å². The first-order valence-electron chi connectivity index (χ1n) is 13.3. The number of para-hydroxylation sites is 2. The number of aromatic nitrogens is 1. The average molecular weight is 573 g/mol. The van der Waals surface area contributed by atoms with E-state index in [1.165, 1.54) is 6.20 Å². The number of rotatable bonds is 11. The number of hydrogen-bond donors (Lipinski definition) is 2. The molecule has 2 N–H and O–H groups in total. The molecule has 4 aromatic rings.